The molecule has 1 aromatic heterocycles. The molecule has 1 atom stereocenters. The first kappa shape index (κ1) is 14.1. The number of nitrogens with one attached hydrogen (secondary N) is 1. The van der Waals surface area contributed by atoms with Crippen molar-refractivity contribution >= 4 is 17.5 Å². The maximum absolute atomic E-state index is 12.4. The third-order valence-corrected chi connectivity index (χ3v) is 4.64. The lowest BCUT2D eigenvalue weighted by Gasteiger charge is -2.10. The quantitative estimate of drug-likeness (QED) is 0.681. The van der Waals surface area contributed by atoms with Gasteiger partial charge in [-0.25, -0.2) is 9.89 Å². The van der Waals surface area contributed by atoms with Gasteiger partial charge in [0.2, 0.25) is 0 Å². The summed E-state index contributed by atoms with van der Waals surface area (Å²) < 4.78 is 1.67. The van der Waals surface area contributed by atoms with Crippen LogP contribution in [0.4, 0.5) is 0 Å². The summed E-state index contributed by atoms with van der Waals surface area (Å²) in [6, 6.07) is 7.79. The summed E-state index contributed by atoms with van der Waals surface area (Å²) in [5.74, 6) is 0.0535. The molecule has 1 aliphatic carbocycles. The number of benzene rings is 1. The van der Waals surface area contributed by atoms with E-state index in [1.54, 1.807) is 4.57 Å². The fraction of sp³-hybridized carbons (Fsp3) is 0.400. The van der Waals surface area contributed by atoms with Crippen molar-refractivity contribution in [2.45, 2.75) is 43.1 Å². The number of nitrogens with zero attached hydrogens (tertiary/aromatic N) is 2. The number of aromatic nitrogens is 3. The second-order valence-electron chi connectivity index (χ2n) is 5.40. The highest BCUT2D eigenvalue weighted by molar-refractivity contribution is 8.00. The number of carbonyl (C=O) groups excluding carboxylic acids is 1. The predicted octanol–water partition coefficient (Wildman–Crippen LogP) is 2.58. The van der Waals surface area contributed by atoms with Gasteiger partial charge in [-0.3, -0.25) is 9.36 Å². The van der Waals surface area contributed by atoms with Crippen molar-refractivity contribution < 1.29 is 4.79 Å². The van der Waals surface area contributed by atoms with Gasteiger partial charge < -0.3 is 0 Å². The Balaban J connectivity index is 1.77. The van der Waals surface area contributed by atoms with E-state index in [1.165, 1.54) is 11.8 Å². The Bertz CT molecular complexity index is 713. The third kappa shape index (κ3) is 2.95. The minimum Gasteiger partial charge on any atom is -0.293 e. The molecule has 0 saturated heterocycles. The van der Waals surface area contributed by atoms with Crippen LogP contribution >= 0.6 is 11.8 Å². The summed E-state index contributed by atoms with van der Waals surface area (Å²) in [7, 11) is 0. The van der Waals surface area contributed by atoms with Crippen molar-refractivity contribution in [1.29, 1.82) is 0 Å². The van der Waals surface area contributed by atoms with Crippen molar-refractivity contribution in [2.24, 2.45) is 0 Å². The standard InChI is InChI=1S/C15H17N3O2S/c1-9-3-5-11(6-4-9)13(19)10(2)21-15-17-16-14(20)18(15)12-7-8-12/h3-6,10,12H,7-8H2,1-2H3,(H,16,20). The summed E-state index contributed by atoms with van der Waals surface area (Å²) in [6.07, 6.45) is 2.01. The van der Waals surface area contributed by atoms with E-state index in [0.717, 1.165) is 18.4 Å². The van der Waals surface area contributed by atoms with E-state index in [1.807, 2.05) is 38.1 Å². The van der Waals surface area contributed by atoms with Crippen LogP contribution in [-0.2, 0) is 0 Å². The average molecular weight is 303 g/mol. The maximum atomic E-state index is 12.4. The molecular weight excluding hydrogens is 286 g/mol. The van der Waals surface area contributed by atoms with Crippen LogP contribution in [0.25, 0.3) is 0 Å². The minimum absolute atomic E-state index is 0.0535. The second-order valence-corrected chi connectivity index (χ2v) is 6.71. The van der Waals surface area contributed by atoms with E-state index in [-0.39, 0.29) is 22.8 Å². The number of hydrogen-bond donors (Lipinski definition) is 1. The molecule has 21 heavy (non-hydrogen) atoms. The molecule has 0 bridgehead atoms. The number of carbonyl (C=O) groups is 1. The Morgan fingerprint density at radius 2 is 2.05 bits per heavy atom. The first-order valence-electron chi connectivity index (χ1n) is 7.00. The summed E-state index contributed by atoms with van der Waals surface area (Å²) in [5, 5.41) is 6.85. The van der Waals surface area contributed by atoms with E-state index >= 15 is 0 Å². The van der Waals surface area contributed by atoms with Crippen molar-refractivity contribution in [3.05, 3.63) is 45.9 Å². The Morgan fingerprint density at radius 3 is 2.67 bits per heavy atom. The van der Waals surface area contributed by atoms with Crippen LogP contribution < -0.4 is 5.69 Å². The zero-order chi connectivity index (χ0) is 15.0. The van der Waals surface area contributed by atoms with Crippen LogP contribution in [0.15, 0.2) is 34.2 Å². The van der Waals surface area contributed by atoms with Gasteiger partial charge in [-0.2, -0.15) is 0 Å². The first-order chi connectivity index (χ1) is 10.1. The zero-order valence-electron chi connectivity index (χ0n) is 12.0. The van der Waals surface area contributed by atoms with E-state index in [9.17, 15) is 9.59 Å². The van der Waals surface area contributed by atoms with Crippen molar-refractivity contribution in [2.75, 3.05) is 0 Å². The lowest BCUT2D eigenvalue weighted by atomic mass is 10.1. The average Bonchev–Trinajstić information content (AvgIpc) is 3.24. The zero-order valence-corrected chi connectivity index (χ0v) is 12.8. The second kappa shape index (κ2) is 5.52. The fourth-order valence-electron chi connectivity index (χ4n) is 2.19. The molecular formula is C15H17N3O2S. The van der Waals surface area contributed by atoms with Gasteiger partial charge in [-0.15, -0.1) is 5.10 Å². The highest BCUT2D eigenvalue weighted by atomic mass is 32.2. The molecule has 1 aliphatic rings. The van der Waals surface area contributed by atoms with E-state index in [2.05, 4.69) is 10.2 Å². The fourth-order valence-corrected chi connectivity index (χ4v) is 3.20. The Labute approximate surface area is 126 Å². The summed E-state index contributed by atoms with van der Waals surface area (Å²) in [4.78, 5) is 24.1. The van der Waals surface area contributed by atoms with Gasteiger partial charge in [-0.1, -0.05) is 41.6 Å². The molecule has 1 fully saturated rings. The van der Waals surface area contributed by atoms with Crippen LogP contribution in [0.3, 0.4) is 0 Å². The lowest BCUT2D eigenvalue weighted by molar-refractivity contribution is 0.0994. The molecule has 0 spiro atoms. The third-order valence-electron chi connectivity index (χ3n) is 3.57. The molecule has 3 rings (SSSR count). The van der Waals surface area contributed by atoms with E-state index in [0.29, 0.717) is 10.7 Å². The van der Waals surface area contributed by atoms with E-state index in [4.69, 9.17) is 0 Å². The molecule has 0 amide bonds. The van der Waals surface area contributed by atoms with Gasteiger partial charge in [-0.05, 0) is 26.7 Å². The number of hydrogen-bond acceptors (Lipinski definition) is 4. The molecule has 2 aromatic rings. The summed E-state index contributed by atoms with van der Waals surface area (Å²) in [5.41, 5.74) is 1.63. The molecule has 0 radical (unpaired) electrons. The molecule has 1 saturated carbocycles. The molecule has 5 nitrogen and oxygen atoms in total. The van der Waals surface area contributed by atoms with Gasteiger partial charge >= 0.3 is 5.69 Å². The van der Waals surface area contributed by atoms with Crippen molar-refractivity contribution in [3.8, 4) is 0 Å². The van der Waals surface area contributed by atoms with E-state index < -0.39 is 0 Å². The van der Waals surface area contributed by atoms with Crippen molar-refractivity contribution in [3.63, 3.8) is 0 Å². The number of ketones is 1. The molecule has 110 valence electrons. The molecule has 1 unspecified atom stereocenters. The number of thioether (sulfide) groups is 1. The number of rotatable bonds is 5. The highest BCUT2D eigenvalue weighted by Crippen LogP contribution is 2.37. The SMILES string of the molecule is Cc1ccc(C(=O)C(C)Sc2n[nH]c(=O)n2C2CC2)cc1. The smallest absolute Gasteiger partial charge is 0.293 e. The first-order valence-corrected chi connectivity index (χ1v) is 7.88. The van der Waals surface area contributed by atoms with Gasteiger partial charge in [0.15, 0.2) is 10.9 Å². The Kier molecular flexibility index (Phi) is 3.71. The number of aryl methyl sites for hydroxylation is 1. The summed E-state index contributed by atoms with van der Waals surface area (Å²) >= 11 is 1.34. The maximum Gasteiger partial charge on any atom is 0.344 e. The number of Topliss-reactive ketones (excluding diaryl/α,β-unsaturated/α-hetero) is 1. The van der Waals surface area contributed by atoms with Crippen LogP contribution in [0.5, 0.6) is 0 Å². The Hall–Kier alpha value is -1.82. The number of aromatic amines is 1. The van der Waals surface area contributed by atoms with Crippen molar-refractivity contribution in [1.82, 2.24) is 14.8 Å². The molecule has 1 heterocycles. The molecule has 1 N–H and O–H groups in total. The normalized spacial score (nSPS) is 15.9. The van der Waals surface area contributed by atoms with Gasteiger partial charge in [0.05, 0.1) is 5.25 Å². The predicted molar refractivity (Wildman–Crippen MR) is 81.9 cm³/mol. The van der Waals surface area contributed by atoms with Crippen LogP contribution in [-0.4, -0.2) is 25.8 Å². The lowest BCUT2D eigenvalue weighted by Crippen LogP contribution is -2.18. The molecule has 1 aromatic carbocycles. The number of H-pyrrole nitrogens is 1. The Morgan fingerprint density at radius 1 is 1.38 bits per heavy atom. The van der Waals surface area contributed by atoms with Gasteiger partial charge in [0.25, 0.3) is 0 Å². The van der Waals surface area contributed by atoms with Crippen LogP contribution in [0, 0.1) is 6.92 Å². The molecule has 0 aliphatic heterocycles. The van der Waals surface area contributed by atoms with Crippen LogP contribution in [0.2, 0.25) is 0 Å². The van der Waals surface area contributed by atoms with Gasteiger partial charge in [0.1, 0.15) is 0 Å². The topological polar surface area (TPSA) is 67.8 Å². The molecule has 6 heteroatoms. The monoisotopic (exact) mass is 303 g/mol. The highest BCUT2D eigenvalue weighted by Gasteiger charge is 2.30. The largest absolute Gasteiger partial charge is 0.344 e. The van der Waals surface area contributed by atoms with Gasteiger partial charge in [0, 0.05) is 11.6 Å². The minimum atomic E-state index is -0.277. The summed E-state index contributed by atoms with van der Waals surface area (Å²) in [6.45, 7) is 3.84. The van der Waals surface area contributed by atoms with Crippen LogP contribution in [0.1, 0.15) is 41.7 Å².